The van der Waals surface area contributed by atoms with Crippen LogP contribution in [0.5, 0.6) is 0 Å². The summed E-state index contributed by atoms with van der Waals surface area (Å²) in [7, 11) is 0. The topological polar surface area (TPSA) is 35.5 Å². The van der Waals surface area contributed by atoms with Gasteiger partial charge in [0.1, 0.15) is 0 Å². The smallest absolute Gasteiger partial charge is 0.0580 e. The first-order valence-electron chi connectivity index (χ1n) is 8.84. The van der Waals surface area contributed by atoms with Gasteiger partial charge in [-0.05, 0) is 64.0 Å². The Morgan fingerprint density at radius 2 is 2.00 bits per heavy atom. The summed E-state index contributed by atoms with van der Waals surface area (Å²) < 4.78 is 0. The van der Waals surface area contributed by atoms with E-state index in [0.29, 0.717) is 12.0 Å². The minimum atomic E-state index is -0.0635. The van der Waals surface area contributed by atoms with Gasteiger partial charge in [-0.2, -0.15) is 0 Å². The van der Waals surface area contributed by atoms with Crippen molar-refractivity contribution in [3.63, 3.8) is 0 Å². The zero-order valence-corrected chi connectivity index (χ0v) is 13.5. The maximum absolute atomic E-state index is 10.1. The summed E-state index contributed by atoms with van der Waals surface area (Å²) in [6, 6.07) is 0.587. The van der Waals surface area contributed by atoms with E-state index in [1.54, 1.807) is 0 Å². The Kier molecular flexibility index (Phi) is 6.79. The first kappa shape index (κ1) is 16.3. The van der Waals surface area contributed by atoms with Crippen molar-refractivity contribution >= 4 is 0 Å². The number of likely N-dealkylation sites (tertiary alicyclic amines) is 1. The monoisotopic (exact) mass is 282 g/mol. The molecule has 2 aliphatic rings. The van der Waals surface area contributed by atoms with E-state index in [2.05, 4.69) is 24.1 Å². The van der Waals surface area contributed by atoms with E-state index in [-0.39, 0.29) is 6.10 Å². The lowest BCUT2D eigenvalue weighted by Gasteiger charge is -2.37. The van der Waals surface area contributed by atoms with E-state index in [0.717, 1.165) is 18.9 Å². The van der Waals surface area contributed by atoms with Gasteiger partial charge in [-0.1, -0.05) is 19.8 Å². The number of aliphatic hydroxyl groups excluding tert-OH is 1. The van der Waals surface area contributed by atoms with Crippen LogP contribution in [0.15, 0.2) is 0 Å². The largest absolute Gasteiger partial charge is 0.393 e. The molecule has 1 aliphatic heterocycles. The Labute approximate surface area is 125 Å². The molecule has 0 spiro atoms. The van der Waals surface area contributed by atoms with Crippen molar-refractivity contribution in [2.75, 3.05) is 26.2 Å². The summed E-state index contributed by atoms with van der Waals surface area (Å²) in [5.41, 5.74) is 0. The molecule has 1 heterocycles. The third kappa shape index (κ3) is 4.71. The standard InChI is InChI=1S/C17H34N2O/c1-3-10-19-11-6-8-16(13-19)14(2)18-12-15-7-4-5-9-17(15)20/h14-18,20H,3-13H2,1-2H3. The normalized spacial score (nSPS) is 34.0. The van der Waals surface area contributed by atoms with Crippen LogP contribution >= 0.6 is 0 Å². The zero-order valence-electron chi connectivity index (χ0n) is 13.5. The number of rotatable bonds is 6. The molecule has 0 bridgehead atoms. The molecule has 2 rings (SSSR count). The molecule has 4 unspecified atom stereocenters. The van der Waals surface area contributed by atoms with Crippen molar-refractivity contribution in [1.29, 1.82) is 0 Å². The highest BCUT2D eigenvalue weighted by Crippen LogP contribution is 2.25. The van der Waals surface area contributed by atoms with Crippen molar-refractivity contribution in [3.8, 4) is 0 Å². The second kappa shape index (κ2) is 8.35. The number of piperidine rings is 1. The molecule has 0 amide bonds. The molecule has 0 aromatic rings. The second-order valence-electron chi connectivity index (χ2n) is 7.01. The number of nitrogens with zero attached hydrogens (tertiary/aromatic N) is 1. The highest BCUT2D eigenvalue weighted by molar-refractivity contribution is 4.83. The van der Waals surface area contributed by atoms with Gasteiger partial charge in [0.05, 0.1) is 6.10 Å². The molecule has 1 saturated heterocycles. The van der Waals surface area contributed by atoms with Gasteiger partial charge in [0.2, 0.25) is 0 Å². The lowest BCUT2D eigenvalue weighted by molar-refractivity contribution is 0.0649. The molecule has 118 valence electrons. The molecule has 1 saturated carbocycles. The first-order valence-corrected chi connectivity index (χ1v) is 8.84. The molecular formula is C17H34N2O. The van der Waals surface area contributed by atoms with Gasteiger partial charge in [-0.3, -0.25) is 0 Å². The summed E-state index contributed by atoms with van der Waals surface area (Å²) in [5, 5.41) is 13.8. The summed E-state index contributed by atoms with van der Waals surface area (Å²) in [6.07, 6.45) is 8.63. The molecule has 4 atom stereocenters. The Morgan fingerprint density at radius 3 is 2.75 bits per heavy atom. The average Bonchev–Trinajstić information content (AvgIpc) is 2.47. The van der Waals surface area contributed by atoms with Crippen LogP contribution in [0.2, 0.25) is 0 Å². The van der Waals surface area contributed by atoms with Crippen LogP contribution in [0.4, 0.5) is 0 Å². The Bertz CT molecular complexity index is 270. The number of hydrogen-bond acceptors (Lipinski definition) is 3. The summed E-state index contributed by atoms with van der Waals surface area (Å²) in [5.74, 6) is 1.28. The zero-order chi connectivity index (χ0) is 14.4. The maximum Gasteiger partial charge on any atom is 0.0580 e. The third-order valence-corrected chi connectivity index (χ3v) is 5.36. The van der Waals surface area contributed by atoms with Crippen LogP contribution in [0.25, 0.3) is 0 Å². The fourth-order valence-electron chi connectivity index (χ4n) is 3.95. The van der Waals surface area contributed by atoms with Crippen molar-refractivity contribution in [3.05, 3.63) is 0 Å². The van der Waals surface area contributed by atoms with Crippen LogP contribution in [0.3, 0.4) is 0 Å². The SMILES string of the molecule is CCCN1CCCC(C(C)NCC2CCCCC2O)C1. The van der Waals surface area contributed by atoms with Crippen molar-refractivity contribution in [2.45, 2.75) is 70.9 Å². The predicted octanol–water partition coefficient (Wildman–Crippen LogP) is 2.64. The fraction of sp³-hybridized carbons (Fsp3) is 1.00. The summed E-state index contributed by atoms with van der Waals surface area (Å²) >= 11 is 0. The van der Waals surface area contributed by atoms with Crippen LogP contribution in [0, 0.1) is 11.8 Å². The molecule has 0 aromatic carbocycles. The summed E-state index contributed by atoms with van der Waals surface area (Å²) in [4.78, 5) is 2.63. The second-order valence-corrected chi connectivity index (χ2v) is 7.01. The van der Waals surface area contributed by atoms with E-state index in [1.165, 1.54) is 58.2 Å². The molecule has 0 radical (unpaired) electrons. The molecule has 1 aliphatic carbocycles. The molecule has 3 heteroatoms. The number of aliphatic hydroxyl groups is 1. The minimum Gasteiger partial charge on any atom is -0.393 e. The molecule has 2 fully saturated rings. The van der Waals surface area contributed by atoms with Gasteiger partial charge in [-0.15, -0.1) is 0 Å². The fourth-order valence-corrected chi connectivity index (χ4v) is 3.95. The van der Waals surface area contributed by atoms with Gasteiger partial charge >= 0.3 is 0 Å². The predicted molar refractivity (Wildman–Crippen MR) is 84.9 cm³/mol. The quantitative estimate of drug-likeness (QED) is 0.786. The Hall–Kier alpha value is -0.120. The van der Waals surface area contributed by atoms with E-state index in [4.69, 9.17) is 0 Å². The van der Waals surface area contributed by atoms with E-state index in [9.17, 15) is 5.11 Å². The molecule has 0 aromatic heterocycles. The molecule has 20 heavy (non-hydrogen) atoms. The van der Waals surface area contributed by atoms with E-state index in [1.807, 2.05) is 0 Å². The lowest BCUT2D eigenvalue weighted by Crippen LogP contribution is -2.46. The molecule has 3 nitrogen and oxygen atoms in total. The molecular weight excluding hydrogens is 248 g/mol. The van der Waals surface area contributed by atoms with E-state index >= 15 is 0 Å². The Morgan fingerprint density at radius 1 is 1.20 bits per heavy atom. The minimum absolute atomic E-state index is 0.0635. The average molecular weight is 282 g/mol. The van der Waals surface area contributed by atoms with Gasteiger partial charge in [0, 0.05) is 19.1 Å². The summed E-state index contributed by atoms with van der Waals surface area (Å²) in [6.45, 7) is 9.43. The van der Waals surface area contributed by atoms with E-state index < -0.39 is 0 Å². The van der Waals surface area contributed by atoms with Gasteiger partial charge in [0.15, 0.2) is 0 Å². The van der Waals surface area contributed by atoms with Crippen LogP contribution in [0.1, 0.15) is 58.8 Å². The highest BCUT2D eigenvalue weighted by atomic mass is 16.3. The molecule has 2 N–H and O–H groups in total. The van der Waals surface area contributed by atoms with Crippen molar-refractivity contribution < 1.29 is 5.11 Å². The number of hydrogen-bond donors (Lipinski definition) is 2. The number of nitrogens with one attached hydrogen (secondary N) is 1. The van der Waals surface area contributed by atoms with Crippen LogP contribution in [-0.4, -0.2) is 48.3 Å². The van der Waals surface area contributed by atoms with Gasteiger partial charge < -0.3 is 15.3 Å². The highest BCUT2D eigenvalue weighted by Gasteiger charge is 2.27. The van der Waals surface area contributed by atoms with Crippen molar-refractivity contribution in [1.82, 2.24) is 10.2 Å². The first-order chi connectivity index (χ1) is 9.70. The Balaban J connectivity index is 1.71. The van der Waals surface area contributed by atoms with Crippen LogP contribution < -0.4 is 5.32 Å². The lowest BCUT2D eigenvalue weighted by atomic mass is 9.85. The van der Waals surface area contributed by atoms with Gasteiger partial charge in [-0.25, -0.2) is 0 Å². The third-order valence-electron chi connectivity index (χ3n) is 5.36. The van der Waals surface area contributed by atoms with Crippen molar-refractivity contribution in [2.24, 2.45) is 11.8 Å². The van der Waals surface area contributed by atoms with Crippen LogP contribution in [-0.2, 0) is 0 Å². The maximum atomic E-state index is 10.1. The van der Waals surface area contributed by atoms with Gasteiger partial charge in [0.25, 0.3) is 0 Å².